The van der Waals surface area contributed by atoms with E-state index in [1.165, 1.54) is 0 Å². The molecule has 0 aromatic rings. The Kier molecular flexibility index (Phi) is 10.2. The van der Waals surface area contributed by atoms with Crippen molar-refractivity contribution in [3.63, 3.8) is 0 Å². The van der Waals surface area contributed by atoms with E-state index in [0.29, 0.717) is 32.2 Å². The molecule has 8 nitrogen and oxygen atoms in total. The number of hydrogen-bond acceptors (Lipinski definition) is 6. The second-order valence-electron chi connectivity index (χ2n) is 7.11. The van der Waals surface area contributed by atoms with Crippen LogP contribution in [0.2, 0.25) is 0 Å². The van der Waals surface area contributed by atoms with Crippen LogP contribution in [-0.2, 0) is 9.36 Å². The molecule has 1 saturated heterocycles. The molecule has 1 rings (SSSR count). The lowest BCUT2D eigenvalue weighted by molar-refractivity contribution is -0.138. The van der Waals surface area contributed by atoms with Crippen LogP contribution in [0.15, 0.2) is 0 Å². The van der Waals surface area contributed by atoms with Gasteiger partial charge in [-0.1, -0.05) is 6.92 Å². The minimum Gasteiger partial charge on any atom is -0.480 e. The van der Waals surface area contributed by atoms with Gasteiger partial charge in [-0.15, -0.1) is 0 Å². The maximum Gasteiger partial charge on any atom is 0.317 e. The van der Waals surface area contributed by atoms with Crippen LogP contribution in [-0.4, -0.2) is 121 Å². The summed E-state index contributed by atoms with van der Waals surface area (Å²) in [6.45, 7) is 8.02. The first-order valence-corrected chi connectivity index (χ1v) is 11.1. The van der Waals surface area contributed by atoms with Gasteiger partial charge in [0.1, 0.15) is 0 Å². The summed E-state index contributed by atoms with van der Waals surface area (Å²) in [6, 6.07) is 0. The lowest BCUT2D eigenvalue weighted by Crippen LogP contribution is -2.45. The molecule has 25 heavy (non-hydrogen) atoms. The summed E-state index contributed by atoms with van der Waals surface area (Å²) in [4.78, 5) is 29.6. The van der Waals surface area contributed by atoms with Crippen molar-refractivity contribution < 1.29 is 19.4 Å². The van der Waals surface area contributed by atoms with Gasteiger partial charge in [0.2, 0.25) is 7.37 Å². The Hall–Kier alpha value is -0.500. The van der Waals surface area contributed by atoms with Gasteiger partial charge in [0, 0.05) is 58.5 Å². The van der Waals surface area contributed by atoms with E-state index in [-0.39, 0.29) is 12.8 Å². The normalized spacial score (nSPS) is 23.5. The highest BCUT2D eigenvalue weighted by atomic mass is 31.2. The average molecular weight is 378 g/mol. The summed E-state index contributed by atoms with van der Waals surface area (Å²) < 4.78 is 12.3. The molecule has 0 saturated carbocycles. The molecule has 0 aromatic heterocycles. The zero-order valence-corrected chi connectivity index (χ0v) is 16.8. The maximum absolute atomic E-state index is 12.3. The Bertz CT molecular complexity index is 452. The summed E-state index contributed by atoms with van der Waals surface area (Å²) in [5.41, 5.74) is 0. The molecule has 0 bridgehead atoms. The molecular weight excluding hydrogens is 343 g/mol. The molecule has 148 valence electrons. The van der Waals surface area contributed by atoms with E-state index >= 15 is 0 Å². The van der Waals surface area contributed by atoms with Crippen molar-refractivity contribution >= 4 is 13.3 Å². The summed E-state index contributed by atoms with van der Waals surface area (Å²) in [6.07, 6.45) is 1.22. The molecule has 1 aliphatic heterocycles. The number of hydrogen-bond donors (Lipinski definition) is 2. The zero-order valence-electron chi connectivity index (χ0n) is 15.9. The van der Waals surface area contributed by atoms with E-state index < -0.39 is 13.3 Å². The number of nitrogens with zero attached hydrogens (tertiary/aromatic N) is 4. The van der Waals surface area contributed by atoms with E-state index in [9.17, 15) is 14.3 Å². The van der Waals surface area contributed by atoms with Crippen LogP contribution in [0.4, 0.5) is 0 Å². The summed E-state index contributed by atoms with van der Waals surface area (Å²) in [5.74, 6) is -0.833. The second-order valence-corrected chi connectivity index (χ2v) is 9.53. The third kappa shape index (κ3) is 10.3. The third-order valence-corrected chi connectivity index (χ3v) is 6.53. The Morgan fingerprint density at radius 1 is 0.920 bits per heavy atom. The van der Waals surface area contributed by atoms with E-state index in [2.05, 4.69) is 23.9 Å². The van der Waals surface area contributed by atoms with Crippen LogP contribution in [0.3, 0.4) is 0 Å². The van der Waals surface area contributed by atoms with Crippen molar-refractivity contribution in [3.05, 3.63) is 0 Å². The van der Waals surface area contributed by atoms with Gasteiger partial charge >= 0.3 is 5.97 Å². The van der Waals surface area contributed by atoms with Gasteiger partial charge < -0.3 is 19.8 Å². The number of carboxylic acid groups (broad SMARTS) is 1. The number of carbonyl (C=O) groups is 1. The topological polar surface area (TPSA) is 87.6 Å². The van der Waals surface area contributed by atoms with Gasteiger partial charge in [-0.25, -0.2) is 0 Å². The first-order valence-electron chi connectivity index (χ1n) is 9.06. The van der Waals surface area contributed by atoms with Crippen molar-refractivity contribution in [3.8, 4) is 0 Å². The van der Waals surface area contributed by atoms with Crippen molar-refractivity contribution in [2.45, 2.75) is 13.3 Å². The fraction of sp³-hybridized carbons (Fsp3) is 0.938. The monoisotopic (exact) mass is 378 g/mol. The van der Waals surface area contributed by atoms with Gasteiger partial charge in [0.05, 0.1) is 12.8 Å². The Balaban J connectivity index is 2.75. The fourth-order valence-electron chi connectivity index (χ4n) is 2.92. The summed E-state index contributed by atoms with van der Waals surface area (Å²) in [7, 11) is 0.970. The number of rotatable bonds is 6. The lowest BCUT2D eigenvalue weighted by Gasteiger charge is -2.32. The average Bonchev–Trinajstić information content (AvgIpc) is 2.50. The predicted molar refractivity (Wildman–Crippen MR) is 100 cm³/mol. The van der Waals surface area contributed by atoms with Gasteiger partial charge in [-0.2, -0.15) is 0 Å². The molecule has 1 heterocycles. The minimum absolute atomic E-state index is 0.00727. The smallest absolute Gasteiger partial charge is 0.317 e. The lowest BCUT2D eigenvalue weighted by atomic mass is 10.3. The molecule has 0 aromatic carbocycles. The van der Waals surface area contributed by atoms with Crippen molar-refractivity contribution in [1.82, 2.24) is 19.6 Å². The predicted octanol–water partition coefficient (Wildman–Crippen LogP) is 0.190. The molecule has 0 spiro atoms. The standard InChI is InChI=1S/C16H35N4O4P/c1-4-13-25(23,24)15-20-10-8-18(3)6-5-17(2)7-9-19(11-12-20)14-16(21)22/h4-15H2,1-3H3,(H,21,22)(H,23,24). The summed E-state index contributed by atoms with van der Waals surface area (Å²) >= 11 is 0. The van der Waals surface area contributed by atoms with E-state index in [4.69, 9.17) is 5.11 Å². The largest absolute Gasteiger partial charge is 0.480 e. The fourth-order valence-corrected chi connectivity index (χ4v) is 4.67. The van der Waals surface area contributed by atoms with Crippen LogP contribution in [0, 0.1) is 0 Å². The van der Waals surface area contributed by atoms with Gasteiger partial charge in [-0.3, -0.25) is 19.2 Å². The van der Waals surface area contributed by atoms with Crippen LogP contribution in [0.5, 0.6) is 0 Å². The highest BCUT2D eigenvalue weighted by molar-refractivity contribution is 7.57. The number of carboxylic acids is 1. The number of likely N-dealkylation sites (N-methyl/N-ethyl adjacent to an activating group) is 2. The van der Waals surface area contributed by atoms with Crippen molar-refractivity contribution in [2.75, 3.05) is 85.4 Å². The first kappa shape index (κ1) is 22.5. The molecule has 1 unspecified atom stereocenters. The molecule has 1 aliphatic rings. The Morgan fingerprint density at radius 2 is 1.36 bits per heavy atom. The molecule has 0 aliphatic carbocycles. The third-order valence-electron chi connectivity index (χ3n) is 4.54. The van der Waals surface area contributed by atoms with Crippen LogP contribution in [0.25, 0.3) is 0 Å². The minimum atomic E-state index is -3.15. The highest BCUT2D eigenvalue weighted by Crippen LogP contribution is 2.41. The SMILES string of the molecule is CCCP(=O)(O)CN1CCN(C)CCN(C)CCN(CC(=O)O)CC1. The highest BCUT2D eigenvalue weighted by Gasteiger charge is 2.23. The maximum atomic E-state index is 12.3. The molecular formula is C16H35N4O4P. The Morgan fingerprint density at radius 3 is 1.88 bits per heavy atom. The van der Waals surface area contributed by atoms with Crippen molar-refractivity contribution in [1.29, 1.82) is 0 Å². The first-order chi connectivity index (χ1) is 11.7. The van der Waals surface area contributed by atoms with E-state index in [1.807, 2.05) is 16.7 Å². The second kappa shape index (κ2) is 11.3. The molecule has 0 radical (unpaired) electrons. The van der Waals surface area contributed by atoms with E-state index in [1.54, 1.807) is 0 Å². The van der Waals surface area contributed by atoms with Gasteiger partial charge in [0.25, 0.3) is 0 Å². The zero-order chi connectivity index (χ0) is 18.9. The number of aliphatic carboxylic acids is 1. The van der Waals surface area contributed by atoms with Crippen LogP contribution in [0.1, 0.15) is 13.3 Å². The van der Waals surface area contributed by atoms with Gasteiger partial charge in [0.15, 0.2) is 0 Å². The summed E-state index contributed by atoms with van der Waals surface area (Å²) in [5, 5.41) is 9.12. The molecule has 9 heteroatoms. The van der Waals surface area contributed by atoms with Crippen LogP contribution < -0.4 is 0 Å². The quantitative estimate of drug-likeness (QED) is 0.634. The molecule has 0 amide bonds. The molecule has 1 fully saturated rings. The van der Waals surface area contributed by atoms with E-state index in [0.717, 1.165) is 32.7 Å². The van der Waals surface area contributed by atoms with Crippen molar-refractivity contribution in [2.24, 2.45) is 0 Å². The molecule has 2 N–H and O–H groups in total. The Labute approximate surface area is 151 Å². The van der Waals surface area contributed by atoms with Gasteiger partial charge in [-0.05, 0) is 20.5 Å². The van der Waals surface area contributed by atoms with Crippen LogP contribution >= 0.6 is 7.37 Å². The molecule has 1 atom stereocenters.